The maximum Gasteiger partial charge on any atom is 0.302 e. The van der Waals surface area contributed by atoms with Crippen LogP contribution in [0.25, 0.3) is 0 Å². The Morgan fingerprint density at radius 1 is 1.53 bits per heavy atom. The van der Waals surface area contributed by atoms with Crippen LogP contribution in [0.1, 0.15) is 47.5 Å². The summed E-state index contributed by atoms with van der Waals surface area (Å²) < 4.78 is 4.97. The van der Waals surface area contributed by atoms with E-state index in [1.54, 1.807) is 0 Å². The molecule has 0 aromatic heterocycles. The first-order valence-electron chi connectivity index (χ1n) is 6.30. The highest BCUT2D eigenvalue weighted by atomic mass is 16.5. The van der Waals surface area contributed by atoms with Crippen molar-refractivity contribution in [2.24, 2.45) is 11.3 Å². The van der Waals surface area contributed by atoms with E-state index >= 15 is 0 Å². The molecule has 0 aromatic rings. The van der Waals surface area contributed by atoms with Gasteiger partial charge in [0.1, 0.15) is 6.61 Å². The standard InChI is InChI=1S/C15H24O2/c1-11(10-17-13(3)16)6-8-14-9-7-12(2)15(14,4)5/h6-7,14H,8-10H2,1-5H3/b11-6+. The minimum atomic E-state index is -0.212. The Bertz CT molecular complexity index is 348. The van der Waals surface area contributed by atoms with Crippen molar-refractivity contribution >= 4 is 5.97 Å². The van der Waals surface area contributed by atoms with E-state index in [1.807, 2.05) is 6.92 Å². The van der Waals surface area contributed by atoms with Crippen molar-refractivity contribution < 1.29 is 9.53 Å². The zero-order chi connectivity index (χ0) is 13.1. The quantitative estimate of drug-likeness (QED) is 0.547. The summed E-state index contributed by atoms with van der Waals surface area (Å²) in [6.45, 7) is 10.7. The van der Waals surface area contributed by atoms with Gasteiger partial charge < -0.3 is 4.74 Å². The largest absolute Gasteiger partial charge is 0.461 e. The van der Waals surface area contributed by atoms with Crippen LogP contribution in [0.4, 0.5) is 0 Å². The molecule has 0 spiro atoms. The second-order valence-corrected chi connectivity index (χ2v) is 5.61. The molecule has 17 heavy (non-hydrogen) atoms. The Morgan fingerprint density at radius 2 is 2.18 bits per heavy atom. The fourth-order valence-corrected chi connectivity index (χ4v) is 2.21. The number of rotatable bonds is 4. The van der Waals surface area contributed by atoms with Crippen molar-refractivity contribution in [3.63, 3.8) is 0 Å². The van der Waals surface area contributed by atoms with Crippen LogP contribution in [-0.4, -0.2) is 12.6 Å². The van der Waals surface area contributed by atoms with Crippen LogP contribution in [0.2, 0.25) is 0 Å². The summed E-state index contributed by atoms with van der Waals surface area (Å²) in [4.78, 5) is 10.7. The number of ether oxygens (including phenoxy) is 1. The minimum Gasteiger partial charge on any atom is -0.461 e. The number of hydrogen-bond acceptors (Lipinski definition) is 2. The Hall–Kier alpha value is -1.05. The minimum absolute atomic E-state index is 0.212. The molecule has 96 valence electrons. The lowest BCUT2D eigenvalue weighted by molar-refractivity contribution is -0.139. The second kappa shape index (κ2) is 5.52. The molecule has 2 heteroatoms. The van der Waals surface area contributed by atoms with Crippen molar-refractivity contribution in [2.45, 2.75) is 47.5 Å². The molecule has 0 bridgehead atoms. The van der Waals surface area contributed by atoms with Crippen LogP contribution in [-0.2, 0) is 9.53 Å². The van der Waals surface area contributed by atoms with Gasteiger partial charge in [0, 0.05) is 6.92 Å². The van der Waals surface area contributed by atoms with Gasteiger partial charge in [-0.25, -0.2) is 0 Å². The van der Waals surface area contributed by atoms with Crippen molar-refractivity contribution in [2.75, 3.05) is 6.61 Å². The highest BCUT2D eigenvalue weighted by Crippen LogP contribution is 2.44. The lowest BCUT2D eigenvalue weighted by Crippen LogP contribution is -2.19. The predicted octanol–water partition coefficient (Wildman–Crippen LogP) is 3.88. The molecule has 0 saturated heterocycles. The molecule has 0 fully saturated rings. The summed E-state index contributed by atoms with van der Waals surface area (Å²) in [5.74, 6) is 0.464. The molecule has 0 amide bonds. The Morgan fingerprint density at radius 3 is 2.65 bits per heavy atom. The third-order valence-corrected chi connectivity index (χ3v) is 4.00. The highest BCUT2D eigenvalue weighted by molar-refractivity contribution is 5.66. The number of allylic oxidation sites excluding steroid dienone is 3. The average molecular weight is 236 g/mol. The molecule has 0 aliphatic heterocycles. The van der Waals surface area contributed by atoms with Gasteiger partial charge in [0.2, 0.25) is 0 Å². The summed E-state index contributed by atoms with van der Waals surface area (Å²) in [6.07, 6.45) is 6.78. The molecule has 2 nitrogen and oxygen atoms in total. The molecule has 0 radical (unpaired) electrons. The molecular weight excluding hydrogens is 212 g/mol. The lowest BCUT2D eigenvalue weighted by atomic mass is 9.76. The Labute approximate surface area is 105 Å². The van der Waals surface area contributed by atoms with Gasteiger partial charge in [-0.2, -0.15) is 0 Å². The van der Waals surface area contributed by atoms with Crippen LogP contribution in [0.15, 0.2) is 23.3 Å². The van der Waals surface area contributed by atoms with Gasteiger partial charge in [-0.05, 0) is 43.6 Å². The van der Waals surface area contributed by atoms with E-state index in [1.165, 1.54) is 12.5 Å². The van der Waals surface area contributed by atoms with Gasteiger partial charge in [-0.1, -0.05) is 31.6 Å². The van der Waals surface area contributed by atoms with Crippen LogP contribution < -0.4 is 0 Å². The molecule has 0 aromatic carbocycles. The van der Waals surface area contributed by atoms with E-state index < -0.39 is 0 Å². The van der Waals surface area contributed by atoms with E-state index in [2.05, 4.69) is 32.9 Å². The van der Waals surface area contributed by atoms with E-state index in [4.69, 9.17) is 4.74 Å². The first-order chi connectivity index (χ1) is 7.84. The number of esters is 1. The summed E-state index contributed by atoms with van der Waals surface area (Å²) >= 11 is 0. The first kappa shape index (κ1) is 14.0. The van der Waals surface area contributed by atoms with Crippen LogP contribution >= 0.6 is 0 Å². The molecule has 0 heterocycles. The molecule has 1 atom stereocenters. The van der Waals surface area contributed by atoms with Crippen molar-refractivity contribution in [1.82, 2.24) is 0 Å². The van der Waals surface area contributed by atoms with Gasteiger partial charge in [0.15, 0.2) is 0 Å². The first-order valence-corrected chi connectivity index (χ1v) is 6.30. The summed E-state index contributed by atoms with van der Waals surface area (Å²) in [5, 5.41) is 0. The van der Waals surface area contributed by atoms with E-state index in [9.17, 15) is 4.79 Å². The molecule has 1 aliphatic carbocycles. The van der Waals surface area contributed by atoms with E-state index in [0.717, 1.165) is 18.4 Å². The van der Waals surface area contributed by atoms with Gasteiger partial charge in [0.05, 0.1) is 0 Å². The van der Waals surface area contributed by atoms with Crippen LogP contribution in [0.3, 0.4) is 0 Å². The molecule has 1 rings (SSSR count). The van der Waals surface area contributed by atoms with Crippen molar-refractivity contribution in [3.05, 3.63) is 23.3 Å². The SMILES string of the molecule is CC(=O)OC/C(C)=C/CC1CC=C(C)C1(C)C. The average Bonchev–Trinajstić information content (AvgIpc) is 2.49. The maximum absolute atomic E-state index is 10.7. The second-order valence-electron chi connectivity index (χ2n) is 5.61. The van der Waals surface area contributed by atoms with Gasteiger partial charge >= 0.3 is 5.97 Å². The smallest absolute Gasteiger partial charge is 0.302 e. The van der Waals surface area contributed by atoms with Crippen molar-refractivity contribution in [1.29, 1.82) is 0 Å². The number of hydrogen-bond donors (Lipinski definition) is 0. The van der Waals surface area contributed by atoms with E-state index in [0.29, 0.717) is 17.9 Å². The van der Waals surface area contributed by atoms with Crippen molar-refractivity contribution in [3.8, 4) is 0 Å². The van der Waals surface area contributed by atoms with E-state index in [-0.39, 0.29) is 5.97 Å². The summed E-state index contributed by atoms with van der Waals surface area (Å²) in [6, 6.07) is 0. The Balaban J connectivity index is 2.46. The van der Waals surface area contributed by atoms with Gasteiger partial charge in [0.25, 0.3) is 0 Å². The lowest BCUT2D eigenvalue weighted by Gasteiger charge is -2.29. The molecule has 0 N–H and O–H groups in total. The fourth-order valence-electron chi connectivity index (χ4n) is 2.21. The molecular formula is C15H24O2. The molecule has 0 saturated carbocycles. The maximum atomic E-state index is 10.7. The van der Waals surface area contributed by atoms with Crippen LogP contribution in [0, 0.1) is 11.3 Å². The third-order valence-electron chi connectivity index (χ3n) is 4.00. The number of carbonyl (C=O) groups is 1. The molecule has 1 aliphatic rings. The van der Waals surface area contributed by atoms with Gasteiger partial charge in [-0.3, -0.25) is 4.79 Å². The van der Waals surface area contributed by atoms with Gasteiger partial charge in [-0.15, -0.1) is 0 Å². The Kier molecular flexibility index (Phi) is 4.55. The fraction of sp³-hybridized carbons (Fsp3) is 0.667. The zero-order valence-corrected chi connectivity index (χ0v) is 11.7. The number of carbonyl (C=O) groups excluding carboxylic acids is 1. The molecule has 1 unspecified atom stereocenters. The summed E-state index contributed by atoms with van der Waals surface area (Å²) in [7, 11) is 0. The third kappa shape index (κ3) is 3.72. The van der Waals surface area contributed by atoms with Crippen LogP contribution in [0.5, 0.6) is 0 Å². The topological polar surface area (TPSA) is 26.3 Å². The monoisotopic (exact) mass is 236 g/mol. The normalized spacial score (nSPS) is 23.5. The summed E-state index contributed by atoms with van der Waals surface area (Å²) in [5.41, 5.74) is 2.94. The highest BCUT2D eigenvalue weighted by Gasteiger charge is 2.33. The zero-order valence-electron chi connectivity index (χ0n) is 11.7. The predicted molar refractivity (Wildman–Crippen MR) is 70.7 cm³/mol.